The van der Waals surface area contributed by atoms with Crippen molar-refractivity contribution < 1.29 is 8.42 Å². The molecule has 2 aromatic rings. The van der Waals surface area contributed by atoms with Gasteiger partial charge in [0.2, 0.25) is 0 Å². The molecular weight excluding hydrogens is 307 g/mol. The largest absolute Gasteiger partial charge is 0.278 e. The highest BCUT2D eigenvalue weighted by molar-refractivity contribution is 8.13. The molecule has 17 heavy (non-hydrogen) atoms. The van der Waals surface area contributed by atoms with E-state index < -0.39 is 9.05 Å². The van der Waals surface area contributed by atoms with Gasteiger partial charge in [0.25, 0.3) is 9.05 Å². The Labute approximate surface area is 112 Å². The number of aromatic nitrogens is 2. The van der Waals surface area contributed by atoms with Gasteiger partial charge in [-0.25, -0.2) is 13.1 Å². The van der Waals surface area contributed by atoms with E-state index in [9.17, 15) is 8.42 Å². The van der Waals surface area contributed by atoms with Crippen molar-refractivity contribution in [1.82, 2.24) is 9.78 Å². The number of rotatable bonds is 2. The highest BCUT2D eigenvalue weighted by Gasteiger charge is 2.18. The van der Waals surface area contributed by atoms with Crippen LogP contribution in [0.1, 0.15) is 0 Å². The zero-order valence-electron chi connectivity index (χ0n) is 8.14. The first-order valence-corrected chi connectivity index (χ1v) is 7.40. The van der Waals surface area contributed by atoms with Gasteiger partial charge in [-0.15, -0.1) is 0 Å². The van der Waals surface area contributed by atoms with Crippen molar-refractivity contribution in [3.63, 3.8) is 0 Å². The van der Waals surface area contributed by atoms with Gasteiger partial charge in [-0.1, -0.05) is 23.2 Å². The van der Waals surface area contributed by atoms with E-state index in [0.29, 0.717) is 10.7 Å². The molecule has 8 heteroatoms. The summed E-state index contributed by atoms with van der Waals surface area (Å²) < 4.78 is 23.7. The molecule has 0 fully saturated rings. The Morgan fingerprint density at radius 3 is 2.47 bits per heavy atom. The normalized spacial score (nSPS) is 11.7. The SMILES string of the molecule is O=S(=O)(Cl)c1ccnn1-c1ccc(Cl)cc1Cl. The second-order valence-electron chi connectivity index (χ2n) is 3.11. The first-order chi connectivity index (χ1) is 7.89. The molecule has 4 nitrogen and oxygen atoms in total. The maximum atomic E-state index is 11.3. The number of hydrogen-bond donors (Lipinski definition) is 0. The van der Waals surface area contributed by atoms with Crippen LogP contribution < -0.4 is 0 Å². The topological polar surface area (TPSA) is 52.0 Å². The van der Waals surface area contributed by atoms with Gasteiger partial charge in [-0.05, 0) is 24.3 Å². The number of nitrogens with zero attached hydrogens (tertiary/aromatic N) is 2. The number of benzene rings is 1. The fourth-order valence-corrected chi connectivity index (χ4v) is 2.72. The number of halogens is 3. The van der Waals surface area contributed by atoms with Crippen molar-refractivity contribution in [1.29, 1.82) is 0 Å². The smallest absolute Gasteiger partial charge is 0.219 e. The van der Waals surface area contributed by atoms with Crippen LogP contribution in [0.2, 0.25) is 10.0 Å². The van der Waals surface area contributed by atoms with Crippen molar-refractivity contribution >= 4 is 42.9 Å². The van der Waals surface area contributed by atoms with Gasteiger partial charge in [0.05, 0.1) is 16.9 Å². The molecule has 0 aliphatic heterocycles. The lowest BCUT2D eigenvalue weighted by atomic mass is 10.3. The molecule has 0 saturated carbocycles. The van der Waals surface area contributed by atoms with E-state index in [-0.39, 0.29) is 10.0 Å². The quantitative estimate of drug-likeness (QED) is 0.801. The highest BCUT2D eigenvalue weighted by atomic mass is 35.7. The van der Waals surface area contributed by atoms with Crippen LogP contribution in [-0.4, -0.2) is 18.2 Å². The van der Waals surface area contributed by atoms with Gasteiger partial charge in [-0.3, -0.25) is 0 Å². The van der Waals surface area contributed by atoms with E-state index in [0.717, 1.165) is 4.68 Å². The highest BCUT2D eigenvalue weighted by Crippen LogP contribution is 2.27. The molecular formula is C9H5Cl3N2O2S. The first-order valence-electron chi connectivity index (χ1n) is 4.34. The molecule has 0 amide bonds. The van der Waals surface area contributed by atoms with E-state index >= 15 is 0 Å². The average Bonchev–Trinajstić information content (AvgIpc) is 2.65. The molecule has 0 radical (unpaired) electrons. The van der Waals surface area contributed by atoms with Crippen LogP contribution >= 0.6 is 33.9 Å². The Bertz CT molecular complexity index is 667. The summed E-state index contributed by atoms with van der Waals surface area (Å²) in [5, 5.41) is 4.45. The molecule has 2 rings (SSSR count). The molecule has 0 unspecified atom stereocenters. The molecule has 1 aromatic heterocycles. The summed E-state index contributed by atoms with van der Waals surface area (Å²) in [5.41, 5.74) is 0.389. The Morgan fingerprint density at radius 1 is 1.18 bits per heavy atom. The third-order valence-electron chi connectivity index (χ3n) is 2.00. The minimum absolute atomic E-state index is 0.150. The summed E-state index contributed by atoms with van der Waals surface area (Å²) in [5.74, 6) is 0. The van der Waals surface area contributed by atoms with Crippen LogP contribution in [-0.2, 0) is 9.05 Å². The van der Waals surface area contributed by atoms with Crippen LogP contribution in [0.4, 0.5) is 0 Å². The van der Waals surface area contributed by atoms with E-state index in [4.69, 9.17) is 33.9 Å². The Hall–Kier alpha value is -0.750. The lowest BCUT2D eigenvalue weighted by Crippen LogP contribution is -2.05. The molecule has 0 saturated heterocycles. The van der Waals surface area contributed by atoms with Gasteiger partial charge in [0.1, 0.15) is 0 Å². The lowest BCUT2D eigenvalue weighted by molar-refractivity contribution is 0.600. The molecule has 1 aromatic carbocycles. The maximum absolute atomic E-state index is 11.3. The molecule has 0 aliphatic carbocycles. The predicted octanol–water partition coefficient (Wildman–Crippen LogP) is 3.11. The summed E-state index contributed by atoms with van der Waals surface area (Å²) in [6.45, 7) is 0. The van der Waals surface area contributed by atoms with E-state index in [1.807, 2.05) is 0 Å². The zero-order valence-corrected chi connectivity index (χ0v) is 11.2. The average molecular weight is 312 g/mol. The van der Waals surface area contributed by atoms with Gasteiger partial charge < -0.3 is 0 Å². The molecule has 1 heterocycles. The van der Waals surface area contributed by atoms with Crippen molar-refractivity contribution in [2.45, 2.75) is 5.03 Å². The van der Waals surface area contributed by atoms with Crippen LogP contribution in [0.15, 0.2) is 35.5 Å². The fourth-order valence-electron chi connectivity index (χ4n) is 1.31. The molecule has 0 aliphatic rings. The molecule has 0 bridgehead atoms. The first kappa shape index (κ1) is 12.7. The third-order valence-corrected chi connectivity index (χ3v) is 3.82. The molecule has 0 spiro atoms. The van der Waals surface area contributed by atoms with E-state index in [1.165, 1.54) is 18.3 Å². The summed E-state index contributed by atoms with van der Waals surface area (Å²) in [6.07, 6.45) is 1.32. The Balaban J connectivity index is 2.66. The van der Waals surface area contributed by atoms with Gasteiger partial charge >= 0.3 is 0 Å². The molecule has 0 atom stereocenters. The van der Waals surface area contributed by atoms with Crippen molar-refractivity contribution in [3.8, 4) is 5.69 Å². The minimum Gasteiger partial charge on any atom is -0.219 e. The van der Waals surface area contributed by atoms with Crippen molar-refractivity contribution in [2.75, 3.05) is 0 Å². The van der Waals surface area contributed by atoms with Gasteiger partial charge in [0, 0.05) is 15.7 Å². The standard InChI is InChI=1S/C9H5Cl3N2O2S/c10-6-1-2-8(7(11)5-6)14-9(3-4-13-14)17(12,15)16/h1-5H. The second-order valence-corrected chi connectivity index (χ2v) is 6.47. The second kappa shape index (κ2) is 4.49. The van der Waals surface area contributed by atoms with Crippen molar-refractivity contribution in [3.05, 3.63) is 40.5 Å². The minimum atomic E-state index is -3.88. The van der Waals surface area contributed by atoms with Gasteiger partial charge in [0.15, 0.2) is 5.03 Å². The molecule has 0 N–H and O–H groups in total. The predicted molar refractivity (Wildman–Crippen MR) is 66.6 cm³/mol. The van der Waals surface area contributed by atoms with Crippen LogP contribution in [0, 0.1) is 0 Å². The van der Waals surface area contributed by atoms with E-state index in [2.05, 4.69) is 5.10 Å². The summed E-state index contributed by atoms with van der Waals surface area (Å²) in [6, 6.07) is 5.91. The van der Waals surface area contributed by atoms with Crippen LogP contribution in [0.5, 0.6) is 0 Å². The van der Waals surface area contributed by atoms with Crippen LogP contribution in [0.25, 0.3) is 5.69 Å². The van der Waals surface area contributed by atoms with E-state index in [1.54, 1.807) is 12.1 Å². The third kappa shape index (κ3) is 2.57. The fraction of sp³-hybridized carbons (Fsp3) is 0. The molecule has 90 valence electrons. The summed E-state index contributed by atoms with van der Waals surface area (Å²) in [4.78, 5) is 0. The number of hydrogen-bond acceptors (Lipinski definition) is 3. The maximum Gasteiger partial charge on any atom is 0.278 e. The Morgan fingerprint density at radius 2 is 1.88 bits per heavy atom. The Kier molecular flexibility index (Phi) is 3.36. The summed E-state index contributed by atoms with van der Waals surface area (Å²) in [7, 11) is 1.40. The van der Waals surface area contributed by atoms with Crippen LogP contribution in [0.3, 0.4) is 0 Å². The summed E-state index contributed by atoms with van der Waals surface area (Å²) >= 11 is 11.7. The lowest BCUT2D eigenvalue weighted by Gasteiger charge is -2.07. The van der Waals surface area contributed by atoms with Crippen molar-refractivity contribution in [2.24, 2.45) is 0 Å². The van der Waals surface area contributed by atoms with Gasteiger partial charge in [-0.2, -0.15) is 5.10 Å². The zero-order chi connectivity index (χ0) is 12.6. The monoisotopic (exact) mass is 310 g/mol.